The van der Waals surface area contributed by atoms with Crippen LogP contribution >= 0.6 is 0 Å². The molecule has 0 saturated carbocycles. The maximum absolute atomic E-state index is 11.7. The zero-order valence-corrected chi connectivity index (χ0v) is 16.7. The van der Waals surface area contributed by atoms with E-state index in [0.29, 0.717) is 10.9 Å². The van der Waals surface area contributed by atoms with Gasteiger partial charge in [0.05, 0.1) is 0 Å². The van der Waals surface area contributed by atoms with E-state index in [4.69, 9.17) is 13.9 Å². The van der Waals surface area contributed by atoms with Crippen LogP contribution in [0.4, 0.5) is 0 Å². The fourth-order valence-electron chi connectivity index (χ4n) is 3.65. The zero-order valence-electron chi connectivity index (χ0n) is 16.7. The molecule has 29 heavy (non-hydrogen) atoms. The van der Waals surface area contributed by atoms with E-state index < -0.39 is 40.3 Å². The fraction of sp³-hybridized carbons (Fsp3) is 0.500. The number of aliphatic hydroxyl groups is 3. The first-order valence-corrected chi connectivity index (χ1v) is 8.95. The Morgan fingerprint density at radius 1 is 1.07 bits per heavy atom. The van der Waals surface area contributed by atoms with E-state index >= 15 is 0 Å². The summed E-state index contributed by atoms with van der Waals surface area (Å²) in [4.78, 5) is 23.3. The molecule has 1 saturated heterocycles. The monoisotopic (exact) mass is 408 g/mol. The number of benzene rings is 1. The van der Waals surface area contributed by atoms with Gasteiger partial charge in [-0.25, -0.2) is 9.59 Å². The summed E-state index contributed by atoms with van der Waals surface area (Å²) in [6.45, 7) is 6.34. The number of fused-ring (bicyclic) bond motifs is 1. The molecule has 2 aromatic rings. The van der Waals surface area contributed by atoms with Gasteiger partial charge >= 0.3 is 11.6 Å². The van der Waals surface area contributed by atoms with Crippen molar-refractivity contribution in [1.82, 2.24) is 0 Å². The number of hydrogen-bond donors (Lipinski definition) is 4. The Balaban J connectivity index is 2.10. The summed E-state index contributed by atoms with van der Waals surface area (Å²) in [7, 11) is 0. The summed E-state index contributed by atoms with van der Waals surface area (Å²) in [5.74, 6) is -3.53. The van der Waals surface area contributed by atoms with Gasteiger partial charge in [-0.1, -0.05) is 0 Å². The first-order chi connectivity index (χ1) is 13.1. The highest BCUT2D eigenvalue weighted by atomic mass is 16.7. The van der Waals surface area contributed by atoms with E-state index in [-0.39, 0.29) is 11.3 Å². The molecule has 1 aliphatic heterocycles. The number of carboxylic acids is 1. The molecule has 1 aliphatic rings. The molecule has 1 aromatic carbocycles. The molecule has 0 unspecified atom stereocenters. The largest absolute Gasteiger partial charge is 0.479 e. The molecule has 4 N–H and O–H groups in total. The highest BCUT2D eigenvalue weighted by Gasteiger charge is 2.73. The topological polar surface area (TPSA) is 147 Å². The van der Waals surface area contributed by atoms with Gasteiger partial charge in [0.25, 0.3) is 0 Å². The van der Waals surface area contributed by atoms with Gasteiger partial charge in [-0.15, -0.1) is 0 Å². The van der Waals surface area contributed by atoms with E-state index in [1.807, 2.05) is 0 Å². The summed E-state index contributed by atoms with van der Waals surface area (Å²) in [6.07, 6.45) is -1.90. The summed E-state index contributed by atoms with van der Waals surface area (Å²) >= 11 is 0. The average Bonchev–Trinajstić information content (AvgIpc) is 2.57. The second-order valence-electron chi connectivity index (χ2n) is 8.08. The van der Waals surface area contributed by atoms with Gasteiger partial charge in [-0.2, -0.15) is 0 Å². The lowest BCUT2D eigenvalue weighted by Crippen LogP contribution is -2.82. The van der Waals surface area contributed by atoms with Crippen LogP contribution in [0.3, 0.4) is 0 Å². The van der Waals surface area contributed by atoms with Gasteiger partial charge in [-0.3, -0.25) is 0 Å². The third kappa shape index (κ3) is 2.93. The van der Waals surface area contributed by atoms with Crippen LogP contribution in [-0.2, 0) is 9.53 Å². The minimum absolute atomic E-state index is 0.0931. The standard InChI is InChI=1S/C20H24O9/c1-10-8-14(21)27-13-9-11(6-7-12(10)13)28-20(5)19(4,26)18(3,25)17(2,24)15(29-20)16(22)23/h6-9,15,24-26H,1-5H3,(H,22,23)/t15-,17+,18-,19+,20+/m0/s1. The van der Waals surface area contributed by atoms with Crippen molar-refractivity contribution < 1.29 is 39.1 Å². The van der Waals surface area contributed by atoms with Crippen LogP contribution in [0, 0.1) is 6.92 Å². The molecule has 158 valence electrons. The Morgan fingerprint density at radius 3 is 2.28 bits per heavy atom. The molecule has 0 bridgehead atoms. The highest BCUT2D eigenvalue weighted by molar-refractivity contribution is 5.81. The van der Waals surface area contributed by atoms with E-state index in [1.54, 1.807) is 13.0 Å². The minimum Gasteiger partial charge on any atom is -0.479 e. The summed E-state index contributed by atoms with van der Waals surface area (Å²) < 4.78 is 16.4. The van der Waals surface area contributed by atoms with Gasteiger partial charge < -0.3 is 34.3 Å². The predicted octanol–water partition coefficient (Wildman–Crippen LogP) is 0.933. The van der Waals surface area contributed by atoms with Crippen molar-refractivity contribution in [1.29, 1.82) is 0 Å². The Bertz CT molecular complexity index is 1030. The van der Waals surface area contributed by atoms with Crippen LogP contribution in [0.5, 0.6) is 5.75 Å². The Kier molecular flexibility index (Phi) is 4.59. The molecule has 0 radical (unpaired) electrons. The summed E-state index contributed by atoms with van der Waals surface area (Å²) in [5.41, 5.74) is -6.56. The molecular formula is C20H24O9. The molecule has 0 amide bonds. The number of rotatable bonds is 3. The Hall–Kier alpha value is -2.46. The Morgan fingerprint density at radius 2 is 1.69 bits per heavy atom. The maximum Gasteiger partial charge on any atom is 0.336 e. The first kappa shape index (κ1) is 21.3. The lowest BCUT2D eigenvalue weighted by molar-refractivity contribution is -0.407. The third-order valence-corrected chi connectivity index (χ3v) is 6.13. The SMILES string of the molecule is Cc1cc(=O)oc2cc(O[C@]3(C)O[C@@H](C(=O)O)[C@@](C)(O)[C@](C)(O)[C@@]3(C)O)ccc12. The second-order valence-corrected chi connectivity index (χ2v) is 8.08. The molecule has 0 spiro atoms. The number of ether oxygens (including phenoxy) is 2. The van der Waals surface area contributed by atoms with Crippen molar-refractivity contribution in [2.45, 2.75) is 63.3 Å². The number of hydrogen-bond acceptors (Lipinski definition) is 8. The molecule has 3 rings (SSSR count). The number of carbonyl (C=O) groups is 1. The molecule has 1 fully saturated rings. The van der Waals surface area contributed by atoms with E-state index in [0.717, 1.165) is 13.8 Å². The molecular weight excluding hydrogens is 384 g/mol. The smallest absolute Gasteiger partial charge is 0.336 e. The van der Waals surface area contributed by atoms with Crippen LogP contribution in [-0.4, -0.2) is 55.1 Å². The molecule has 0 aliphatic carbocycles. The van der Waals surface area contributed by atoms with Crippen LogP contribution < -0.4 is 10.4 Å². The number of aryl methyl sites for hydroxylation is 1. The maximum atomic E-state index is 11.7. The summed E-state index contributed by atoms with van der Waals surface area (Å²) in [5, 5.41) is 42.8. The van der Waals surface area contributed by atoms with Gasteiger partial charge in [0.2, 0.25) is 5.79 Å². The quantitative estimate of drug-likeness (QED) is 0.545. The van der Waals surface area contributed by atoms with E-state index in [9.17, 15) is 30.0 Å². The van der Waals surface area contributed by atoms with Crippen molar-refractivity contribution in [2.75, 3.05) is 0 Å². The zero-order chi connectivity index (χ0) is 22.0. The lowest BCUT2D eigenvalue weighted by Gasteiger charge is -2.60. The van der Waals surface area contributed by atoms with Gasteiger partial charge in [0, 0.05) is 24.4 Å². The summed E-state index contributed by atoms with van der Waals surface area (Å²) in [6, 6.07) is 5.89. The molecule has 9 nitrogen and oxygen atoms in total. The lowest BCUT2D eigenvalue weighted by atomic mass is 9.65. The van der Waals surface area contributed by atoms with Crippen LogP contribution in [0.1, 0.15) is 33.3 Å². The van der Waals surface area contributed by atoms with Crippen LogP contribution in [0.15, 0.2) is 33.5 Å². The average molecular weight is 408 g/mol. The van der Waals surface area contributed by atoms with Gasteiger partial charge in [0.15, 0.2) is 11.7 Å². The van der Waals surface area contributed by atoms with Crippen molar-refractivity contribution >= 4 is 16.9 Å². The second kappa shape index (κ2) is 6.27. The van der Waals surface area contributed by atoms with Crippen LogP contribution in [0.2, 0.25) is 0 Å². The first-order valence-electron chi connectivity index (χ1n) is 8.95. The molecule has 9 heteroatoms. The normalized spacial score (nSPS) is 37.4. The van der Waals surface area contributed by atoms with Crippen molar-refractivity contribution in [2.24, 2.45) is 0 Å². The van der Waals surface area contributed by atoms with E-state index in [1.165, 1.54) is 32.0 Å². The number of aliphatic carboxylic acids is 1. The van der Waals surface area contributed by atoms with Gasteiger partial charge in [0.1, 0.15) is 22.5 Å². The van der Waals surface area contributed by atoms with Crippen molar-refractivity contribution in [3.8, 4) is 5.75 Å². The van der Waals surface area contributed by atoms with E-state index in [2.05, 4.69) is 0 Å². The molecule has 5 atom stereocenters. The van der Waals surface area contributed by atoms with Crippen molar-refractivity contribution in [3.05, 3.63) is 40.2 Å². The highest BCUT2D eigenvalue weighted by Crippen LogP contribution is 2.49. The molecule has 2 heterocycles. The predicted molar refractivity (Wildman–Crippen MR) is 101 cm³/mol. The van der Waals surface area contributed by atoms with Crippen molar-refractivity contribution in [3.63, 3.8) is 0 Å². The van der Waals surface area contributed by atoms with Gasteiger partial charge in [-0.05, 0) is 45.4 Å². The third-order valence-electron chi connectivity index (χ3n) is 6.13. The molecule has 1 aromatic heterocycles. The Labute approximate surface area is 166 Å². The fourth-order valence-corrected chi connectivity index (χ4v) is 3.65. The van der Waals surface area contributed by atoms with Crippen LogP contribution in [0.25, 0.3) is 11.0 Å². The minimum atomic E-state index is -2.34. The number of carboxylic acid groups (broad SMARTS) is 1.